The van der Waals surface area contributed by atoms with Gasteiger partial charge in [-0.05, 0) is 54.6 Å². The normalized spacial score (nSPS) is 11.2. The maximum absolute atomic E-state index is 13.0. The van der Waals surface area contributed by atoms with Gasteiger partial charge in [0.25, 0.3) is 11.8 Å². The molecule has 0 aliphatic carbocycles. The molecule has 2 amide bonds. The standard InChI is InChI=1S/C23H18ClFN6O4S/c1-36(34,35)19-9-15(8-16(24)10-19)22(32)27-12-21-28-13-29-31(21)20-7-6-18(11-26-20)30-23(33)14-2-4-17(25)5-3-14/h2-11,13H,12H2,1H3,(H,27,32)(H,30,33). The van der Waals surface area contributed by atoms with Crippen LogP contribution in [-0.4, -0.2) is 46.2 Å². The number of pyridine rings is 1. The van der Waals surface area contributed by atoms with Crippen LogP contribution in [0.3, 0.4) is 0 Å². The first-order chi connectivity index (χ1) is 17.1. The van der Waals surface area contributed by atoms with Gasteiger partial charge in [0.2, 0.25) is 0 Å². The molecular weight excluding hydrogens is 511 g/mol. The van der Waals surface area contributed by atoms with Crippen LogP contribution in [0.15, 0.2) is 72.0 Å². The lowest BCUT2D eigenvalue weighted by Gasteiger charge is -2.09. The number of benzene rings is 2. The lowest BCUT2D eigenvalue weighted by Crippen LogP contribution is -2.25. The first-order valence-corrected chi connectivity index (χ1v) is 12.6. The minimum Gasteiger partial charge on any atom is -0.345 e. The molecular formula is C23H18ClFN6O4S. The van der Waals surface area contributed by atoms with Gasteiger partial charge in [-0.2, -0.15) is 9.78 Å². The van der Waals surface area contributed by atoms with Gasteiger partial charge in [-0.15, -0.1) is 0 Å². The monoisotopic (exact) mass is 528 g/mol. The molecule has 36 heavy (non-hydrogen) atoms. The molecule has 0 fully saturated rings. The van der Waals surface area contributed by atoms with Crippen LogP contribution in [0, 0.1) is 5.82 Å². The Morgan fingerprint density at radius 2 is 1.75 bits per heavy atom. The molecule has 2 N–H and O–H groups in total. The topological polar surface area (TPSA) is 136 Å². The third-order valence-corrected chi connectivity index (χ3v) is 6.23. The summed E-state index contributed by atoms with van der Waals surface area (Å²) in [6, 6.07) is 12.2. The molecule has 0 aliphatic heterocycles. The highest BCUT2D eigenvalue weighted by atomic mass is 35.5. The highest BCUT2D eigenvalue weighted by Gasteiger charge is 2.16. The molecule has 2 heterocycles. The second kappa shape index (κ2) is 10.2. The largest absolute Gasteiger partial charge is 0.345 e. The molecule has 0 aliphatic rings. The Balaban J connectivity index is 1.44. The van der Waals surface area contributed by atoms with Gasteiger partial charge in [-0.1, -0.05) is 11.6 Å². The quantitative estimate of drug-likeness (QED) is 0.376. The predicted molar refractivity (Wildman–Crippen MR) is 129 cm³/mol. The van der Waals surface area contributed by atoms with E-state index in [2.05, 4.69) is 25.7 Å². The summed E-state index contributed by atoms with van der Waals surface area (Å²) in [7, 11) is -3.55. The van der Waals surface area contributed by atoms with Crippen LogP contribution in [-0.2, 0) is 16.4 Å². The second-order valence-corrected chi connectivity index (χ2v) is 10.0. The van der Waals surface area contributed by atoms with Crippen molar-refractivity contribution in [2.45, 2.75) is 11.4 Å². The highest BCUT2D eigenvalue weighted by molar-refractivity contribution is 7.90. The number of nitrogens with one attached hydrogen (secondary N) is 2. The molecule has 184 valence electrons. The Labute approximate surface area is 210 Å². The number of carbonyl (C=O) groups is 2. The van der Waals surface area contributed by atoms with Crippen LogP contribution in [0.25, 0.3) is 5.82 Å². The number of carbonyl (C=O) groups excluding carboxylic acids is 2. The van der Waals surface area contributed by atoms with Gasteiger partial charge in [-0.3, -0.25) is 9.59 Å². The molecule has 0 radical (unpaired) electrons. The number of hydrogen-bond acceptors (Lipinski definition) is 7. The van der Waals surface area contributed by atoms with Gasteiger partial charge in [0.15, 0.2) is 21.5 Å². The zero-order valence-electron chi connectivity index (χ0n) is 18.6. The van der Waals surface area contributed by atoms with Crippen LogP contribution in [0.2, 0.25) is 5.02 Å². The molecule has 0 saturated heterocycles. The van der Waals surface area contributed by atoms with Gasteiger partial charge in [-0.25, -0.2) is 22.8 Å². The third-order valence-electron chi connectivity index (χ3n) is 4.92. The second-order valence-electron chi connectivity index (χ2n) is 7.58. The van der Waals surface area contributed by atoms with E-state index < -0.39 is 27.5 Å². The molecule has 4 aromatic rings. The summed E-state index contributed by atoms with van der Waals surface area (Å²) in [5, 5.41) is 9.54. The molecule has 0 saturated carbocycles. The van der Waals surface area contributed by atoms with Crippen LogP contribution in [0.1, 0.15) is 26.5 Å². The molecule has 10 nitrogen and oxygen atoms in total. The number of sulfone groups is 1. The summed E-state index contributed by atoms with van der Waals surface area (Å²) < 4.78 is 38.1. The van der Waals surface area contributed by atoms with Crippen molar-refractivity contribution in [2.75, 3.05) is 11.6 Å². The minimum atomic E-state index is -3.55. The van der Waals surface area contributed by atoms with Gasteiger partial charge in [0, 0.05) is 22.4 Å². The summed E-state index contributed by atoms with van der Waals surface area (Å²) in [5.74, 6) is -0.691. The zero-order chi connectivity index (χ0) is 25.9. The zero-order valence-corrected chi connectivity index (χ0v) is 20.2. The number of rotatable bonds is 7. The molecule has 0 spiro atoms. The Hall–Kier alpha value is -4.16. The van der Waals surface area contributed by atoms with Crippen LogP contribution in [0.5, 0.6) is 0 Å². The maximum Gasteiger partial charge on any atom is 0.255 e. The Morgan fingerprint density at radius 1 is 1.00 bits per heavy atom. The molecule has 0 atom stereocenters. The van der Waals surface area contributed by atoms with Gasteiger partial charge < -0.3 is 10.6 Å². The summed E-state index contributed by atoms with van der Waals surface area (Å²) in [6.45, 7) is -0.0374. The molecule has 4 rings (SSSR count). The molecule has 13 heteroatoms. The smallest absolute Gasteiger partial charge is 0.255 e. The van der Waals surface area contributed by atoms with Crippen molar-refractivity contribution in [1.29, 1.82) is 0 Å². The fraction of sp³-hybridized carbons (Fsp3) is 0.0870. The minimum absolute atomic E-state index is 0.0374. The number of aromatic nitrogens is 4. The fourth-order valence-electron chi connectivity index (χ4n) is 3.14. The predicted octanol–water partition coefficient (Wildman–Crippen LogP) is 3.04. The van der Waals surface area contributed by atoms with Crippen LogP contribution >= 0.6 is 11.6 Å². The van der Waals surface area contributed by atoms with Gasteiger partial charge >= 0.3 is 0 Å². The first kappa shape index (κ1) is 24.9. The van der Waals surface area contributed by atoms with Crippen molar-refractivity contribution < 1.29 is 22.4 Å². The Morgan fingerprint density at radius 3 is 2.42 bits per heavy atom. The van der Waals surface area contributed by atoms with Gasteiger partial charge in [0.05, 0.1) is 23.3 Å². The first-order valence-electron chi connectivity index (χ1n) is 10.3. The van der Waals surface area contributed by atoms with E-state index in [9.17, 15) is 22.4 Å². The lowest BCUT2D eigenvalue weighted by molar-refractivity contribution is 0.0948. The van der Waals surface area contributed by atoms with Crippen LogP contribution < -0.4 is 10.6 Å². The number of amides is 2. The van der Waals surface area contributed by atoms with Gasteiger partial charge in [0.1, 0.15) is 12.1 Å². The number of anilines is 1. The number of hydrogen-bond donors (Lipinski definition) is 2. The van der Waals surface area contributed by atoms with Crippen molar-refractivity contribution in [1.82, 2.24) is 25.1 Å². The SMILES string of the molecule is CS(=O)(=O)c1cc(Cl)cc(C(=O)NCc2ncnn2-c2ccc(NC(=O)c3ccc(F)cc3)cn2)c1. The third kappa shape index (κ3) is 5.90. The highest BCUT2D eigenvalue weighted by Crippen LogP contribution is 2.19. The van der Waals surface area contributed by atoms with Crippen LogP contribution in [0.4, 0.5) is 10.1 Å². The molecule has 2 aromatic carbocycles. The Bertz CT molecular complexity index is 1540. The van der Waals surface area contributed by atoms with E-state index in [-0.39, 0.29) is 27.6 Å². The van der Waals surface area contributed by atoms with Crippen molar-refractivity contribution in [3.05, 3.63) is 94.9 Å². The van der Waals surface area contributed by atoms with E-state index in [0.717, 1.165) is 6.26 Å². The average Bonchev–Trinajstić information content (AvgIpc) is 3.31. The summed E-state index contributed by atoms with van der Waals surface area (Å²) >= 11 is 5.97. The number of halogens is 2. The molecule has 0 bridgehead atoms. The summed E-state index contributed by atoms with van der Waals surface area (Å²) in [6.07, 6.45) is 3.73. The maximum atomic E-state index is 13.0. The van der Waals surface area contributed by atoms with E-state index in [1.165, 1.54) is 59.7 Å². The van der Waals surface area contributed by atoms with Crippen molar-refractivity contribution in [3.63, 3.8) is 0 Å². The van der Waals surface area contributed by atoms with Crippen molar-refractivity contribution >= 4 is 38.9 Å². The van der Waals surface area contributed by atoms with E-state index in [0.29, 0.717) is 17.3 Å². The van der Waals surface area contributed by atoms with E-state index in [1.807, 2.05) is 0 Å². The van der Waals surface area contributed by atoms with E-state index in [1.54, 1.807) is 12.1 Å². The fourth-order valence-corrected chi connectivity index (χ4v) is 4.12. The average molecular weight is 529 g/mol. The Kier molecular flexibility index (Phi) is 7.08. The summed E-state index contributed by atoms with van der Waals surface area (Å²) in [4.78, 5) is 33.2. The summed E-state index contributed by atoms with van der Waals surface area (Å²) in [5.41, 5.74) is 0.775. The van der Waals surface area contributed by atoms with Crippen molar-refractivity contribution in [3.8, 4) is 5.82 Å². The lowest BCUT2D eigenvalue weighted by atomic mass is 10.2. The van der Waals surface area contributed by atoms with E-state index >= 15 is 0 Å². The van der Waals surface area contributed by atoms with Crippen molar-refractivity contribution in [2.24, 2.45) is 0 Å². The van der Waals surface area contributed by atoms with E-state index in [4.69, 9.17) is 11.6 Å². The number of nitrogens with zero attached hydrogens (tertiary/aromatic N) is 4. The molecule has 2 aromatic heterocycles. The molecule has 0 unspecified atom stereocenters.